The molecule has 4 rings (SSSR count). The second kappa shape index (κ2) is 10.1. The molecule has 0 spiro atoms. The van der Waals surface area contributed by atoms with E-state index in [4.69, 9.17) is 4.74 Å². The number of benzene rings is 2. The third-order valence-electron chi connectivity index (χ3n) is 5.55. The minimum Gasteiger partial charge on any atom is -0.493 e. The minimum absolute atomic E-state index is 0.0629. The molecule has 162 valence electrons. The topological polar surface area (TPSA) is 57.7 Å². The summed E-state index contributed by atoms with van der Waals surface area (Å²) in [5, 5.41) is 4.92. The highest BCUT2D eigenvalue weighted by Crippen LogP contribution is 2.34. The predicted molar refractivity (Wildman–Crippen MR) is 128 cm³/mol. The average Bonchev–Trinajstić information content (AvgIpc) is 2.81. The summed E-state index contributed by atoms with van der Waals surface area (Å²) in [6, 6.07) is 15.6. The van der Waals surface area contributed by atoms with Crippen molar-refractivity contribution in [3.63, 3.8) is 0 Å². The van der Waals surface area contributed by atoms with E-state index in [0.717, 1.165) is 59.5 Å². The van der Waals surface area contributed by atoms with Gasteiger partial charge in [-0.3, -0.25) is 9.69 Å². The van der Waals surface area contributed by atoms with Gasteiger partial charge in [0, 0.05) is 66.3 Å². The summed E-state index contributed by atoms with van der Waals surface area (Å²) in [6.45, 7) is 7.80. The van der Waals surface area contributed by atoms with Gasteiger partial charge in [-0.05, 0) is 37.3 Å². The van der Waals surface area contributed by atoms with Crippen molar-refractivity contribution < 1.29 is 9.53 Å². The van der Waals surface area contributed by atoms with Gasteiger partial charge in [-0.15, -0.1) is 0 Å². The maximum absolute atomic E-state index is 13.0. The van der Waals surface area contributed by atoms with Crippen LogP contribution in [0.15, 0.2) is 59.2 Å². The van der Waals surface area contributed by atoms with E-state index in [1.165, 1.54) is 0 Å². The highest BCUT2D eigenvalue weighted by molar-refractivity contribution is 9.10. The molecule has 3 aromatic rings. The van der Waals surface area contributed by atoms with Crippen molar-refractivity contribution in [3.8, 4) is 5.75 Å². The van der Waals surface area contributed by atoms with Gasteiger partial charge in [-0.1, -0.05) is 34.1 Å². The molecule has 0 bridgehead atoms. The Kier molecular flexibility index (Phi) is 7.04. The van der Waals surface area contributed by atoms with E-state index < -0.39 is 0 Å². The summed E-state index contributed by atoms with van der Waals surface area (Å²) in [4.78, 5) is 22.1. The number of carbonyl (C=O) groups excluding carboxylic acids is 1. The van der Waals surface area contributed by atoms with Crippen LogP contribution >= 0.6 is 15.9 Å². The summed E-state index contributed by atoms with van der Waals surface area (Å²) < 4.78 is 6.63. The van der Waals surface area contributed by atoms with Crippen LogP contribution in [0.1, 0.15) is 17.3 Å². The molecule has 1 N–H and O–H groups in total. The monoisotopic (exact) mass is 482 g/mol. The highest BCUT2D eigenvalue weighted by Gasteiger charge is 2.19. The second-order valence-electron chi connectivity index (χ2n) is 7.48. The number of halogens is 1. The highest BCUT2D eigenvalue weighted by atomic mass is 79.9. The van der Waals surface area contributed by atoms with Gasteiger partial charge in [0.1, 0.15) is 11.6 Å². The number of hydrogen-bond donors (Lipinski definition) is 1. The zero-order valence-corrected chi connectivity index (χ0v) is 19.3. The lowest BCUT2D eigenvalue weighted by molar-refractivity contribution is 0.0949. The summed E-state index contributed by atoms with van der Waals surface area (Å²) in [6.07, 6.45) is 1.83. The maximum atomic E-state index is 13.0. The van der Waals surface area contributed by atoms with Crippen LogP contribution in [0.5, 0.6) is 5.75 Å². The second-order valence-corrected chi connectivity index (χ2v) is 8.33. The smallest absolute Gasteiger partial charge is 0.251 e. The number of piperazine rings is 1. The van der Waals surface area contributed by atoms with Crippen molar-refractivity contribution >= 4 is 38.4 Å². The minimum atomic E-state index is -0.0629. The van der Waals surface area contributed by atoms with Crippen LogP contribution in [0, 0.1) is 0 Å². The van der Waals surface area contributed by atoms with Crippen LogP contribution in [0.2, 0.25) is 0 Å². The number of anilines is 1. The number of carbonyl (C=O) groups is 1. The van der Waals surface area contributed by atoms with E-state index >= 15 is 0 Å². The number of amides is 1. The number of nitrogens with one attached hydrogen (secondary N) is 1. The molecule has 0 atom stereocenters. The fraction of sp³-hybridized carbons (Fsp3) is 0.333. The molecule has 1 amide bonds. The fourth-order valence-corrected chi connectivity index (χ4v) is 4.53. The van der Waals surface area contributed by atoms with Crippen molar-refractivity contribution in [2.45, 2.75) is 6.92 Å². The molecule has 1 aromatic heterocycles. The molecule has 0 unspecified atom stereocenters. The van der Waals surface area contributed by atoms with E-state index in [2.05, 4.69) is 42.1 Å². The standard InChI is InChI=1S/C24H27BrN4O2/c1-2-31-21-10-9-20(25)23-18(21)6-5-7-19(23)24(30)27-12-13-28-14-16-29(17-15-28)22-8-3-4-11-26-22/h3-11H,2,12-17H2,1H3,(H,27,30). The van der Waals surface area contributed by atoms with Gasteiger partial charge in [-0.2, -0.15) is 0 Å². The largest absolute Gasteiger partial charge is 0.493 e. The van der Waals surface area contributed by atoms with Gasteiger partial charge in [0.05, 0.1) is 6.61 Å². The van der Waals surface area contributed by atoms with Crippen molar-refractivity contribution in [3.05, 3.63) is 64.8 Å². The summed E-state index contributed by atoms with van der Waals surface area (Å²) in [7, 11) is 0. The molecular formula is C24H27BrN4O2. The lowest BCUT2D eigenvalue weighted by Gasteiger charge is -2.35. The lowest BCUT2D eigenvalue weighted by atomic mass is 10.0. The van der Waals surface area contributed by atoms with E-state index in [1.807, 2.05) is 55.6 Å². The Morgan fingerprint density at radius 2 is 1.94 bits per heavy atom. The van der Waals surface area contributed by atoms with Gasteiger partial charge in [-0.25, -0.2) is 4.98 Å². The number of nitrogens with zero attached hydrogens (tertiary/aromatic N) is 3. The Hall–Kier alpha value is -2.64. The van der Waals surface area contributed by atoms with Crippen LogP contribution in [-0.2, 0) is 0 Å². The van der Waals surface area contributed by atoms with Gasteiger partial charge in [0.15, 0.2) is 0 Å². The molecule has 1 aliphatic rings. The molecule has 7 heteroatoms. The molecule has 0 aliphatic carbocycles. The first-order valence-corrected chi connectivity index (χ1v) is 11.5. The summed E-state index contributed by atoms with van der Waals surface area (Å²) >= 11 is 3.60. The van der Waals surface area contributed by atoms with Crippen LogP contribution in [0.25, 0.3) is 10.8 Å². The molecule has 2 aromatic carbocycles. The predicted octanol–water partition coefficient (Wildman–Crippen LogP) is 3.95. The van der Waals surface area contributed by atoms with E-state index in [-0.39, 0.29) is 5.91 Å². The molecular weight excluding hydrogens is 456 g/mol. The number of rotatable bonds is 7. The molecule has 6 nitrogen and oxygen atoms in total. The zero-order chi connectivity index (χ0) is 21.6. The van der Waals surface area contributed by atoms with Gasteiger partial charge >= 0.3 is 0 Å². The van der Waals surface area contributed by atoms with Gasteiger partial charge in [0.2, 0.25) is 0 Å². The van der Waals surface area contributed by atoms with E-state index in [0.29, 0.717) is 18.7 Å². The SMILES string of the molecule is CCOc1ccc(Br)c2c(C(=O)NCCN3CCN(c4ccccn4)CC3)cccc12. The van der Waals surface area contributed by atoms with E-state index in [1.54, 1.807) is 0 Å². The molecule has 2 heterocycles. The number of aromatic nitrogens is 1. The van der Waals surface area contributed by atoms with Crippen molar-refractivity contribution in [1.29, 1.82) is 0 Å². The molecule has 0 saturated carbocycles. The molecule has 1 fully saturated rings. The molecule has 0 radical (unpaired) electrons. The normalized spacial score (nSPS) is 14.6. The number of fused-ring (bicyclic) bond motifs is 1. The summed E-state index contributed by atoms with van der Waals surface area (Å²) in [5.41, 5.74) is 0.658. The Morgan fingerprint density at radius 3 is 2.68 bits per heavy atom. The number of ether oxygens (including phenoxy) is 1. The fourth-order valence-electron chi connectivity index (χ4n) is 3.97. The number of pyridine rings is 1. The average molecular weight is 483 g/mol. The Bertz CT molecular complexity index is 1040. The first kappa shape index (κ1) is 21.6. The van der Waals surface area contributed by atoms with Crippen molar-refractivity contribution in [1.82, 2.24) is 15.2 Å². The summed E-state index contributed by atoms with van der Waals surface area (Å²) in [5.74, 6) is 1.76. The van der Waals surface area contributed by atoms with Crippen molar-refractivity contribution in [2.24, 2.45) is 0 Å². The number of hydrogen-bond acceptors (Lipinski definition) is 5. The van der Waals surface area contributed by atoms with Gasteiger partial charge in [0.25, 0.3) is 5.91 Å². The Labute approximate surface area is 191 Å². The van der Waals surface area contributed by atoms with Crippen LogP contribution in [-0.4, -0.2) is 61.7 Å². The quantitative estimate of drug-likeness (QED) is 0.552. The lowest BCUT2D eigenvalue weighted by Crippen LogP contribution is -2.48. The first-order chi connectivity index (χ1) is 15.2. The molecule has 1 saturated heterocycles. The maximum Gasteiger partial charge on any atom is 0.251 e. The van der Waals surface area contributed by atoms with Crippen molar-refractivity contribution in [2.75, 3.05) is 50.8 Å². The van der Waals surface area contributed by atoms with Crippen LogP contribution < -0.4 is 15.0 Å². The van der Waals surface area contributed by atoms with E-state index in [9.17, 15) is 4.79 Å². The zero-order valence-electron chi connectivity index (χ0n) is 17.7. The van der Waals surface area contributed by atoms with Crippen LogP contribution in [0.3, 0.4) is 0 Å². The molecule has 31 heavy (non-hydrogen) atoms. The van der Waals surface area contributed by atoms with Gasteiger partial charge < -0.3 is 15.0 Å². The first-order valence-electron chi connectivity index (χ1n) is 10.7. The Morgan fingerprint density at radius 1 is 1.10 bits per heavy atom. The third kappa shape index (κ3) is 4.99. The van der Waals surface area contributed by atoms with Crippen LogP contribution in [0.4, 0.5) is 5.82 Å². The molecule has 1 aliphatic heterocycles. The Balaban J connectivity index is 1.35. The third-order valence-corrected chi connectivity index (χ3v) is 6.21.